The predicted octanol–water partition coefficient (Wildman–Crippen LogP) is -1.01. The Balaban J connectivity index is 1.56. The highest BCUT2D eigenvalue weighted by atomic mass is 16.6. The number of hydrogen-bond donors (Lipinski definition) is 4. The lowest BCUT2D eigenvalue weighted by molar-refractivity contribution is -0.156. The van der Waals surface area contributed by atoms with E-state index in [4.69, 9.17) is 4.74 Å². The summed E-state index contributed by atoms with van der Waals surface area (Å²) < 4.78 is 9.58. The van der Waals surface area contributed by atoms with Gasteiger partial charge in [0, 0.05) is 5.56 Å². The van der Waals surface area contributed by atoms with Crippen LogP contribution in [-0.2, 0) is 19.1 Å². The molecule has 1 unspecified atom stereocenters. The van der Waals surface area contributed by atoms with E-state index in [9.17, 15) is 24.3 Å². The van der Waals surface area contributed by atoms with Crippen molar-refractivity contribution in [2.75, 3.05) is 7.11 Å². The fourth-order valence-electron chi connectivity index (χ4n) is 2.73. The summed E-state index contributed by atoms with van der Waals surface area (Å²) in [6.45, 7) is 0. The Labute approximate surface area is 154 Å². The predicted molar refractivity (Wildman–Crippen MR) is 88.9 cm³/mol. The van der Waals surface area contributed by atoms with Gasteiger partial charge in [-0.2, -0.15) is 0 Å². The summed E-state index contributed by atoms with van der Waals surface area (Å²) in [4.78, 5) is 48.0. The van der Waals surface area contributed by atoms with Crippen LogP contribution in [0.2, 0.25) is 0 Å². The minimum absolute atomic E-state index is 0.169. The minimum atomic E-state index is -1.44. The molecule has 10 nitrogen and oxygen atoms in total. The third-order valence-electron chi connectivity index (χ3n) is 4.54. The molecule has 2 atom stereocenters. The molecule has 0 bridgehead atoms. The number of aliphatic hydroxyl groups excluding tert-OH is 1. The van der Waals surface area contributed by atoms with Gasteiger partial charge in [0.25, 0.3) is 11.8 Å². The first-order chi connectivity index (χ1) is 12.9. The second-order valence-electron chi connectivity index (χ2n) is 6.39. The minimum Gasteiger partial charge on any atom is -0.497 e. The van der Waals surface area contributed by atoms with Crippen LogP contribution in [0, 0.1) is 5.41 Å². The Morgan fingerprint density at radius 1 is 1.22 bits per heavy atom. The van der Waals surface area contributed by atoms with Crippen molar-refractivity contribution in [2.45, 2.75) is 31.6 Å². The van der Waals surface area contributed by atoms with Gasteiger partial charge in [-0.1, -0.05) is 6.07 Å². The fourth-order valence-corrected chi connectivity index (χ4v) is 2.73. The van der Waals surface area contributed by atoms with E-state index in [-0.39, 0.29) is 24.8 Å². The normalized spacial score (nSPS) is 22.4. The average molecular weight is 377 g/mol. The first kappa shape index (κ1) is 18.6. The molecular weight excluding hydrogens is 358 g/mol. The smallest absolute Gasteiger partial charge is 0.310 e. The van der Waals surface area contributed by atoms with Gasteiger partial charge in [0.05, 0.1) is 13.5 Å². The van der Waals surface area contributed by atoms with Gasteiger partial charge >= 0.3 is 5.97 Å². The van der Waals surface area contributed by atoms with Crippen molar-refractivity contribution in [3.63, 3.8) is 0 Å². The Kier molecular flexibility index (Phi) is 5.00. The van der Waals surface area contributed by atoms with E-state index >= 15 is 0 Å². The monoisotopic (exact) mass is 377 g/mol. The highest BCUT2D eigenvalue weighted by Gasteiger charge is 2.57. The zero-order chi connectivity index (χ0) is 19.6. The maximum Gasteiger partial charge on any atom is 0.310 e. The molecule has 1 saturated carbocycles. The van der Waals surface area contributed by atoms with Crippen molar-refractivity contribution in [2.24, 2.45) is 5.41 Å². The lowest BCUT2D eigenvalue weighted by atomic mass is 10.0. The van der Waals surface area contributed by atoms with Gasteiger partial charge in [-0.3, -0.25) is 30.0 Å². The van der Waals surface area contributed by atoms with Crippen LogP contribution in [0.4, 0.5) is 0 Å². The summed E-state index contributed by atoms with van der Waals surface area (Å²) in [6, 6.07) is 5.44. The molecule has 4 N–H and O–H groups in total. The van der Waals surface area contributed by atoms with E-state index in [1.54, 1.807) is 18.2 Å². The molecule has 1 aromatic carbocycles. The molecule has 1 aliphatic heterocycles. The van der Waals surface area contributed by atoms with Crippen LogP contribution < -0.4 is 20.9 Å². The van der Waals surface area contributed by atoms with E-state index < -0.39 is 41.4 Å². The molecule has 1 aliphatic carbocycles. The number of rotatable bonds is 5. The van der Waals surface area contributed by atoms with Gasteiger partial charge in [0.15, 0.2) is 0 Å². The van der Waals surface area contributed by atoms with Crippen molar-refractivity contribution in [1.82, 2.24) is 16.2 Å². The number of aliphatic hydroxyl groups is 1. The number of carbonyl (C=O) groups is 4. The summed E-state index contributed by atoms with van der Waals surface area (Å²) in [5, 5.41) is 12.0. The third-order valence-corrected chi connectivity index (χ3v) is 4.54. The SMILES string of the molecule is COc1cccc(C(=O)NNC(=O)C2(C(=O)N[C@H]3CC(=O)OC3O)CC2)c1. The van der Waals surface area contributed by atoms with E-state index in [0.717, 1.165) is 0 Å². The number of esters is 1. The highest BCUT2D eigenvalue weighted by Crippen LogP contribution is 2.46. The third kappa shape index (κ3) is 3.85. The molecule has 144 valence electrons. The van der Waals surface area contributed by atoms with Crippen molar-refractivity contribution in [1.29, 1.82) is 0 Å². The van der Waals surface area contributed by atoms with Crippen molar-refractivity contribution < 1.29 is 33.8 Å². The number of cyclic esters (lactones) is 1. The maximum absolute atomic E-state index is 12.4. The number of hydrazine groups is 1. The van der Waals surface area contributed by atoms with Gasteiger partial charge in [0.1, 0.15) is 17.2 Å². The number of hydrogen-bond acceptors (Lipinski definition) is 7. The van der Waals surface area contributed by atoms with E-state index in [1.807, 2.05) is 0 Å². The number of carbonyl (C=O) groups excluding carboxylic acids is 4. The number of methoxy groups -OCH3 is 1. The van der Waals surface area contributed by atoms with Crippen LogP contribution in [0.3, 0.4) is 0 Å². The zero-order valence-corrected chi connectivity index (χ0v) is 14.5. The number of benzene rings is 1. The number of ether oxygens (including phenoxy) is 2. The van der Waals surface area contributed by atoms with Gasteiger partial charge in [0.2, 0.25) is 12.2 Å². The fraction of sp³-hybridized carbons (Fsp3) is 0.412. The molecule has 0 spiro atoms. The average Bonchev–Trinajstić information content (AvgIpc) is 3.41. The molecule has 1 aromatic rings. The van der Waals surface area contributed by atoms with Crippen LogP contribution in [-0.4, -0.2) is 48.2 Å². The Morgan fingerprint density at radius 2 is 1.96 bits per heavy atom. The van der Waals surface area contributed by atoms with Crippen LogP contribution in [0.15, 0.2) is 24.3 Å². The summed E-state index contributed by atoms with van der Waals surface area (Å²) >= 11 is 0. The van der Waals surface area contributed by atoms with E-state index in [1.165, 1.54) is 13.2 Å². The number of amides is 3. The van der Waals surface area contributed by atoms with E-state index in [0.29, 0.717) is 5.75 Å². The standard InChI is InChI=1S/C17H19N3O7/c1-26-10-4-2-3-9(7-10)13(22)19-20-16(25)17(5-6-17)15(24)18-11-8-12(21)27-14(11)23/h2-4,7,11,14,23H,5-6,8H2,1H3,(H,18,24)(H,19,22)(H,20,25)/t11-,14?/m0/s1. The lowest BCUT2D eigenvalue weighted by Crippen LogP contribution is -2.52. The molecule has 1 saturated heterocycles. The maximum atomic E-state index is 12.4. The molecular formula is C17H19N3O7. The molecule has 0 aromatic heterocycles. The zero-order valence-electron chi connectivity index (χ0n) is 14.5. The molecule has 3 rings (SSSR count). The van der Waals surface area contributed by atoms with Crippen molar-refractivity contribution in [3.8, 4) is 5.75 Å². The second kappa shape index (κ2) is 7.23. The van der Waals surface area contributed by atoms with Gasteiger partial charge in [-0.25, -0.2) is 0 Å². The Bertz CT molecular complexity index is 790. The van der Waals surface area contributed by atoms with Crippen LogP contribution >= 0.6 is 0 Å². The molecule has 3 amide bonds. The van der Waals surface area contributed by atoms with E-state index in [2.05, 4.69) is 20.9 Å². The van der Waals surface area contributed by atoms with Crippen molar-refractivity contribution >= 4 is 23.7 Å². The Hall–Kier alpha value is -3.14. The first-order valence-corrected chi connectivity index (χ1v) is 8.29. The van der Waals surface area contributed by atoms with Crippen LogP contribution in [0.1, 0.15) is 29.6 Å². The highest BCUT2D eigenvalue weighted by molar-refractivity contribution is 6.08. The van der Waals surface area contributed by atoms with Crippen LogP contribution in [0.5, 0.6) is 5.75 Å². The topological polar surface area (TPSA) is 143 Å². The largest absolute Gasteiger partial charge is 0.497 e. The lowest BCUT2D eigenvalue weighted by Gasteiger charge is -2.19. The molecule has 27 heavy (non-hydrogen) atoms. The Morgan fingerprint density at radius 3 is 2.56 bits per heavy atom. The van der Waals surface area contributed by atoms with Gasteiger partial charge in [-0.15, -0.1) is 0 Å². The van der Waals surface area contributed by atoms with Gasteiger partial charge < -0.3 is 19.9 Å². The van der Waals surface area contributed by atoms with Crippen molar-refractivity contribution in [3.05, 3.63) is 29.8 Å². The first-order valence-electron chi connectivity index (χ1n) is 8.29. The second-order valence-corrected chi connectivity index (χ2v) is 6.39. The van der Waals surface area contributed by atoms with Crippen LogP contribution in [0.25, 0.3) is 0 Å². The molecule has 2 fully saturated rings. The summed E-state index contributed by atoms with van der Waals surface area (Å²) in [5.74, 6) is -2.01. The summed E-state index contributed by atoms with van der Waals surface area (Å²) in [7, 11) is 1.47. The number of nitrogens with one attached hydrogen (secondary N) is 3. The quantitative estimate of drug-likeness (QED) is 0.292. The summed E-state index contributed by atoms with van der Waals surface area (Å²) in [6.07, 6.45) is -1.03. The molecule has 2 aliphatic rings. The van der Waals surface area contributed by atoms with Gasteiger partial charge in [-0.05, 0) is 31.0 Å². The molecule has 0 radical (unpaired) electrons. The summed E-state index contributed by atoms with van der Waals surface area (Å²) in [5.41, 5.74) is 3.44. The molecule has 10 heteroatoms. The molecule has 1 heterocycles.